The number of hydrogen-bond acceptors (Lipinski definition) is 4. The Morgan fingerprint density at radius 2 is 2.00 bits per heavy atom. The maximum absolute atomic E-state index is 11.8. The Balaban J connectivity index is 1.52. The zero-order valence-corrected chi connectivity index (χ0v) is 12.3. The van der Waals surface area contributed by atoms with E-state index in [4.69, 9.17) is 0 Å². The highest BCUT2D eigenvalue weighted by Crippen LogP contribution is 2.25. The molecule has 2 heterocycles. The van der Waals surface area contributed by atoms with Crippen molar-refractivity contribution in [1.82, 2.24) is 15.2 Å². The first-order valence-corrected chi connectivity index (χ1v) is 7.72. The van der Waals surface area contributed by atoms with Gasteiger partial charge < -0.3 is 10.2 Å². The average molecular weight is 304 g/mol. The molecule has 0 unspecified atom stereocenters. The minimum absolute atomic E-state index is 0.0245. The first-order valence-electron chi connectivity index (χ1n) is 6.90. The van der Waals surface area contributed by atoms with Crippen LogP contribution in [0.5, 0.6) is 0 Å². The Labute approximate surface area is 126 Å². The van der Waals surface area contributed by atoms with Crippen LogP contribution in [0.15, 0.2) is 24.3 Å². The van der Waals surface area contributed by atoms with E-state index in [1.807, 2.05) is 24.3 Å². The number of amides is 3. The average Bonchev–Trinajstić information content (AvgIpc) is 3.13. The first kappa shape index (κ1) is 13.8. The number of thiazole rings is 1. The summed E-state index contributed by atoms with van der Waals surface area (Å²) >= 11 is 1.41. The minimum atomic E-state index is -0.401. The van der Waals surface area contributed by atoms with Gasteiger partial charge in [-0.05, 0) is 25.0 Å². The standard InChI is InChI=1S/C14H16N4O2S/c19-12(18-7-3-4-8-18)9-15-13(20)17-14-16-10-5-1-2-6-11(10)21-14/h1-2,5-6H,3-4,7-9H2,(H2,15,16,17,20). The van der Waals surface area contributed by atoms with Crippen LogP contribution in [0.2, 0.25) is 0 Å². The maximum atomic E-state index is 11.8. The van der Waals surface area contributed by atoms with Gasteiger partial charge in [-0.25, -0.2) is 9.78 Å². The lowest BCUT2D eigenvalue weighted by Gasteiger charge is -2.15. The normalized spacial score (nSPS) is 14.4. The second-order valence-electron chi connectivity index (χ2n) is 4.88. The molecule has 1 saturated heterocycles. The summed E-state index contributed by atoms with van der Waals surface area (Å²) < 4.78 is 1.01. The molecule has 3 rings (SSSR count). The molecule has 0 bridgehead atoms. The lowest BCUT2D eigenvalue weighted by atomic mass is 10.3. The molecule has 1 aromatic carbocycles. The van der Waals surface area contributed by atoms with Crippen molar-refractivity contribution in [2.45, 2.75) is 12.8 Å². The van der Waals surface area contributed by atoms with E-state index >= 15 is 0 Å². The van der Waals surface area contributed by atoms with Crippen LogP contribution >= 0.6 is 11.3 Å². The van der Waals surface area contributed by atoms with Gasteiger partial charge in [-0.3, -0.25) is 10.1 Å². The van der Waals surface area contributed by atoms with Gasteiger partial charge in [-0.2, -0.15) is 0 Å². The lowest BCUT2D eigenvalue weighted by Crippen LogP contribution is -2.40. The number of benzene rings is 1. The van der Waals surface area contributed by atoms with Gasteiger partial charge in [0.2, 0.25) is 5.91 Å². The molecule has 0 saturated carbocycles. The van der Waals surface area contributed by atoms with E-state index in [-0.39, 0.29) is 12.5 Å². The van der Waals surface area contributed by atoms with Crippen LogP contribution in [0.25, 0.3) is 10.2 Å². The summed E-state index contributed by atoms with van der Waals surface area (Å²) in [7, 11) is 0. The Bertz CT molecular complexity index is 631. The fraction of sp³-hybridized carbons (Fsp3) is 0.357. The van der Waals surface area contributed by atoms with E-state index in [2.05, 4.69) is 15.6 Å². The van der Waals surface area contributed by atoms with Crippen molar-refractivity contribution in [3.8, 4) is 0 Å². The topological polar surface area (TPSA) is 74.3 Å². The summed E-state index contributed by atoms with van der Waals surface area (Å²) in [5.74, 6) is -0.0352. The zero-order chi connectivity index (χ0) is 14.7. The van der Waals surface area contributed by atoms with Crippen molar-refractivity contribution >= 4 is 38.6 Å². The largest absolute Gasteiger partial charge is 0.341 e. The number of anilines is 1. The number of urea groups is 1. The number of likely N-dealkylation sites (tertiary alicyclic amines) is 1. The van der Waals surface area contributed by atoms with Crippen molar-refractivity contribution in [2.24, 2.45) is 0 Å². The monoisotopic (exact) mass is 304 g/mol. The third kappa shape index (κ3) is 3.30. The number of nitrogens with zero attached hydrogens (tertiary/aromatic N) is 2. The van der Waals surface area contributed by atoms with E-state index in [0.29, 0.717) is 5.13 Å². The SMILES string of the molecule is O=C(NCC(=O)N1CCCC1)Nc1nc2ccccc2s1. The highest BCUT2D eigenvalue weighted by Gasteiger charge is 2.18. The van der Waals surface area contributed by atoms with Crippen LogP contribution in [0, 0.1) is 0 Å². The Hall–Kier alpha value is -2.15. The van der Waals surface area contributed by atoms with Gasteiger partial charge in [0, 0.05) is 13.1 Å². The summed E-state index contributed by atoms with van der Waals surface area (Å²) in [6.07, 6.45) is 2.09. The van der Waals surface area contributed by atoms with E-state index in [1.54, 1.807) is 4.90 Å². The number of aromatic nitrogens is 1. The molecule has 1 fully saturated rings. The number of nitrogens with one attached hydrogen (secondary N) is 2. The molecule has 1 aliphatic heterocycles. The molecule has 0 radical (unpaired) electrons. The number of rotatable bonds is 3. The van der Waals surface area contributed by atoms with Crippen LogP contribution in [-0.2, 0) is 4.79 Å². The van der Waals surface area contributed by atoms with Crippen LogP contribution in [0.4, 0.5) is 9.93 Å². The predicted molar refractivity (Wildman–Crippen MR) is 82.5 cm³/mol. The molecular formula is C14H16N4O2S. The molecule has 1 aliphatic rings. The summed E-state index contributed by atoms with van der Waals surface area (Å²) in [6.45, 7) is 1.61. The molecular weight excluding hydrogens is 288 g/mol. The highest BCUT2D eigenvalue weighted by atomic mass is 32.1. The summed E-state index contributed by atoms with van der Waals surface area (Å²) in [4.78, 5) is 29.7. The van der Waals surface area contributed by atoms with Crippen molar-refractivity contribution in [3.05, 3.63) is 24.3 Å². The lowest BCUT2D eigenvalue weighted by molar-refractivity contribution is -0.128. The van der Waals surface area contributed by atoms with Crippen molar-refractivity contribution in [1.29, 1.82) is 0 Å². The summed E-state index contributed by atoms with van der Waals surface area (Å²) in [6, 6.07) is 7.28. The number of para-hydroxylation sites is 1. The van der Waals surface area contributed by atoms with Gasteiger partial charge in [0.05, 0.1) is 16.8 Å². The van der Waals surface area contributed by atoms with E-state index < -0.39 is 6.03 Å². The van der Waals surface area contributed by atoms with Crippen LogP contribution in [0.3, 0.4) is 0 Å². The van der Waals surface area contributed by atoms with Gasteiger partial charge in [-0.1, -0.05) is 23.5 Å². The van der Waals surface area contributed by atoms with Crippen LogP contribution < -0.4 is 10.6 Å². The van der Waals surface area contributed by atoms with Crippen molar-refractivity contribution in [2.75, 3.05) is 25.0 Å². The molecule has 2 aromatic rings. The fourth-order valence-corrected chi connectivity index (χ4v) is 3.16. The third-order valence-corrected chi connectivity index (χ3v) is 4.33. The number of carbonyl (C=O) groups is 2. The Morgan fingerprint density at radius 1 is 1.24 bits per heavy atom. The molecule has 6 nitrogen and oxygen atoms in total. The second-order valence-corrected chi connectivity index (χ2v) is 5.91. The highest BCUT2D eigenvalue weighted by molar-refractivity contribution is 7.22. The molecule has 3 amide bonds. The van der Waals surface area contributed by atoms with E-state index in [0.717, 1.165) is 36.1 Å². The van der Waals surface area contributed by atoms with Gasteiger partial charge in [0.1, 0.15) is 0 Å². The Kier molecular flexibility index (Phi) is 4.01. The fourth-order valence-electron chi connectivity index (χ4n) is 2.30. The minimum Gasteiger partial charge on any atom is -0.341 e. The van der Waals surface area contributed by atoms with E-state index in [9.17, 15) is 9.59 Å². The molecule has 0 spiro atoms. The quantitative estimate of drug-likeness (QED) is 0.911. The molecule has 0 atom stereocenters. The molecule has 0 aliphatic carbocycles. The van der Waals surface area contributed by atoms with E-state index in [1.165, 1.54) is 11.3 Å². The molecule has 7 heteroatoms. The van der Waals surface area contributed by atoms with Crippen molar-refractivity contribution < 1.29 is 9.59 Å². The molecule has 1 aromatic heterocycles. The van der Waals surface area contributed by atoms with Gasteiger partial charge in [0.15, 0.2) is 5.13 Å². The number of fused-ring (bicyclic) bond motifs is 1. The predicted octanol–water partition coefficient (Wildman–Crippen LogP) is 2.04. The Morgan fingerprint density at radius 3 is 2.76 bits per heavy atom. The second kappa shape index (κ2) is 6.09. The molecule has 2 N–H and O–H groups in total. The summed E-state index contributed by atoms with van der Waals surface area (Å²) in [5, 5.41) is 5.77. The summed E-state index contributed by atoms with van der Waals surface area (Å²) in [5.41, 5.74) is 0.853. The van der Waals surface area contributed by atoms with Gasteiger partial charge in [0.25, 0.3) is 0 Å². The molecule has 21 heavy (non-hydrogen) atoms. The first-order chi connectivity index (χ1) is 10.2. The third-order valence-electron chi connectivity index (χ3n) is 3.37. The maximum Gasteiger partial charge on any atom is 0.321 e. The van der Waals surface area contributed by atoms with Crippen LogP contribution in [0.1, 0.15) is 12.8 Å². The van der Waals surface area contributed by atoms with Crippen LogP contribution in [-0.4, -0.2) is 41.5 Å². The van der Waals surface area contributed by atoms with Gasteiger partial charge in [-0.15, -0.1) is 0 Å². The molecule has 110 valence electrons. The zero-order valence-electron chi connectivity index (χ0n) is 11.5. The number of carbonyl (C=O) groups excluding carboxylic acids is 2. The van der Waals surface area contributed by atoms with Gasteiger partial charge >= 0.3 is 6.03 Å². The number of hydrogen-bond donors (Lipinski definition) is 2. The van der Waals surface area contributed by atoms with Crippen molar-refractivity contribution in [3.63, 3.8) is 0 Å². The smallest absolute Gasteiger partial charge is 0.321 e.